The van der Waals surface area contributed by atoms with E-state index in [4.69, 9.17) is 5.73 Å². The molecule has 0 aromatic carbocycles. The molecule has 1 amide bonds. The van der Waals surface area contributed by atoms with Crippen LogP contribution in [0.3, 0.4) is 0 Å². The van der Waals surface area contributed by atoms with Gasteiger partial charge in [0, 0.05) is 18.1 Å². The van der Waals surface area contributed by atoms with Crippen LogP contribution in [0.5, 0.6) is 0 Å². The molecule has 2 N–H and O–H groups in total. The molecule has 0 radical (unpaired) electrons. The van der Waals surface area contributed by atoms with Gasteiger partial charge in [0.15, 0.2) is 0 Å². The fourth-order valence-electron chi connectivity index (χ4n) is 1.66. The summed E-state index contributed by atoms with van der Waals surface area (Å²) in [6.07, 6.45) is 4.12. The van der Waals surface area contributed by atoms with Gasteiger partial charge in [0.25, 0.3) is 5.91 Å². The molecule has 0 unspecified atom stereocenters. The number of carbonyl (C=O) groups excluding carboxylic acids is 1. The van der Waals surface area contributed by atoms with Gasteiger partial charge in [-0.05, 0) is 24.6 Å². The Kier molecular flexibility index (Phi) is 3.62. The first-order valence-corrected chi connectivity index (χ1v) is 6.51. The minimum absolute atomic E-state index is 0.0439. The van der Waals surface area contributed by atoms with Gasteiger partial charge in [0.2, 0.25) is 0 Å². The van der Waals surface area contributed by atoms with Crippen molar-refractivity contribution in [3.63, 3.8) is 0 Å². The summed E-state index contributed by atoms with van der Waals surface area (Å²) in [6.45, 7) is 2.07. The van der Waals surface area contributed by atoms with E-state index in [1.807, 2.05) is 12.1 Å². The summed E-state index contributed by atoms with van der Waals surface area (Å²) >= 11 is 1.52. The van der Waals surface area contributed by atoms with Gasteiger partial charge in [0.05, 0.1) is 22.4 Å². The van der Waals surface area contributed by atoms with Crippen LogP contribution in [0.4, 0.5) is 11.4 Å². The van der Waals surface area contributed by atoms with E-state index in [0.29, 0.717) is 11.4 Å². The lowest BCUT2D eigenvalue weighted by Crippen LogP contribution is -2.26. The monoisotopic (exact) mass is 261 g/mol. The normalized spacial score (nSPS) is 10.3. The van der Waals surface area contributed by atoms with E-state index in [1.165, 1.54) is 16.2 Å². The predicted octanol–water partition coefficient (Wildman–Crippen LogP) is 2.56. The van der Waals surface area contributed by atoms with E-state index in [2.05, 4.69) is 11.9 Å². The summed E-state index contributed by atoms with van der Waals surface area (Å²) in [4.78, 5) is 19.7. The zero-order valence-corrected chi connectivity index (χ0v) is 11.2. The molecule has 18 heavy (non-hydrogen) atoms. The molecular weight excluding hydrogens is 246 g/mol. The highest BCUT2D eigenvalue weighted by molar-refractivity contribution is 7.14. The minimum atomic E-state index is -0.0439. The first-order valence-electron chi connectivity index (χ1n) is 5.69. The molecule has 0 aliphatic heterocycles. The number of carbonyl (C=O) groups is 1. The SMILES string of the molecule is CCc1ccc(C(=O)N(C)c2ccncc2N)s1. The highest BCUT2D eigenvalue weighted by Gasteiger charge is 2.17. The average Bonchev–Trinajstić information content (AvgIpc) is 2.86. The van der Waals surface area contributed by atoms with Crippen molar-refractivity contribution < 1.29 is 4.79 Å². The van der Waals surface area contributed by atoms with Crippen molar-refractivity contribution in [3.05, 3.63) is 40.3 Å². The van der Waals surface area contributed by atoms with Crippen LogP contribution < -0.4 is 10.6 Å². The molecule has 0 bridgehead atoms. The third kappa shape index (κ3) is 2.36. The molecule has 94 valence electrons. The van der Waals surface area contributed by atoms with Crippen LogP contribution in [0.25, 0.3) is 0 Å². The second kappa shape index (κ2) is 5.18. The molecule has 0 atom stereocenters. The Morgan fingerprint density at radius 2 is 2.22 bits per heavy atom. The molecule has 0 aliphatic carbocycles. The van der Waals surface area contributed by atoms with E-state index >= 15 is 0 Å². The van der Waals surface area contributed by atoms with Gasteiger partial charge < -0.3 is 10.6 Å². The zero-order chi connectivity index (χ0) is 13.1. The van der Waals surface area contributed by atoms with Gasteiger partial charge >= 0.3 is 0 Å². The Hall–Kier alpha value is -1.88. The lowest BCUT2D eigenvalue weighted by molar-refractivity contribution is 0.0997. The van der Waals surface area contributed by atoms with Crippen LogP contribution in [0.1, 0.15) is 21.5 Å². The van der Waals surface area contributed by atoms with Gasteiger partial charge in [-0.3, -0.25) is 9.78 Å². The number of anilines is 2. The smallest absolute Gasteiger partial charge is 0.268 e. The zero-order valence-electron chi connectivity index (χ0n) is 10.4. The number of nitrogens with two attached hydrogens (primary N) is 1. The molecule has 2 heterocycles. The number of pyridine rings is 1. The van der Waals surface area contributed by atoms with Gasteiger partial charge in [-0.1, -0.05) is 6.92 Å². The van der Waals surface area contributed by atoms with Crippen molar-refractivity contribution in [3.8, 4) is 0 Å². The van der Waals surface area contributed by atoms with Crippen molar-refractivity contribution in [2.45, 2.75) is 13.3 Å². The van der Waals surface area contributed by atoms with Gasteiger partial charge in [0.1, 0.15) is 0 Å². The van der Waals surface area contributed by atoms with E-state index in [1.54, 1.807) is 30.4 Å². The summed E-state index contributed by atoms with van der Waals surface area (Å²) in [5.74, 6) is -0.0439. The number of aryl methyl sites for hydroxylation is 1. The molecule has 0 spiro atoms. The Balaban J connectivity index is 2.26. The van der Waals surface area contributed by atoms with E-state index in [-0.39, 0.29) is 5.91 Å². The topological polar surface area (TPSA) is 59.2 Å². The fourth-order valence-corrected chi connectivity index (χ4v) is 2.59. The summed E-state index contributed by atoms with van der Waals surface area (Å²) in [6, 6.07) is 5.59. The number of aromatic nitrogens is 1. The number of amides is 1. The molecule has 2 rings (SSSR count). The van der Waals surface area contributed by atoms with Crippen molar-refractivity contribution >= 4 is 28.6 Å². The largest absolute Gasteiger partial charge is 0.396 e. The Morgan fingerprint density at radius 1 is 1.44 bits per heavy atom. The van der Waals surface area contributed by atoms with Crippen molar-refractivity contribution in [2.75, 3.05) is 17.7 Å². The average molecular weight is 261 g/mol. The Bertz CT molecular complexity index is 565. The lowest BCUT2D eigenvalue weighted by atomic mass is 10.3. The summed E-state index contributed by atoms with van der Waals surface area (Å²) in [5.41, 5.74) is 7.00. The van der Waals surface area contributed by atoms with E-state index in [0.717, 1.165) is 11.3 Å². The predicted molar refractivity (Wildman–Crippen MR) is 75.1 cm³/mol. The second-order valence-electron chi connectivity index (χ2n) is 3.92. The molecule has 5 heteroatoms. The van der Waals surface area contributed by atoms with Crippen molar-refractivity contribution in [1.82, 2.24) is 4.98 Å². The van der Waals surface area contributed by atoms with Crippen LogP contribution >= 0.6 is 11.3 Å². The molecule has 4 nitrogen and oxygen atoms in total. The summed E-state index contributed by atoms with van der Waals surface area (Å²) in [7, 11) is 1.72. The van der Waals surface area contributed by atoms with Crippen LogP contribution in [0, 0.1) is 0 Å². The molecule has 0 saturated heterocycles. The number of hydrogen-bond acceptors (Lipinski definition) is 4. The molecule has 0 saturated carbocycles. The number of nitrogen functional groups attached to an aromatic ring is 1. The number of nitrogens with zero attached hydrogens (tertiary/aromatic N) is 2. The minimum Gasteiger partial charge on any atom is -0.396 e. The number of hydrogen-bond donors (Lipinski definition) is 1. The van der Waals surface area contributed by atoms with E-state index in [9.17, 15) is 4.79 Å². The summed E-state index contributed by atoms with van der Waals surface area (Å²) < 4.78 is 0. The second-order valence-corrected chi connectivity index (χ2v) is 5.09. The first-order chi connectivity index (χ1) is 8.63. The van der Waals surface area contributed by atoms with Gasteiger partial charge in [-0.15, -0.1) is 11.3 Å². The van der Waals surface area contributed by atoms with Crippen molar-refractivity contribution in [1.29, 1.82) is 0 Å². The third-order valence-electron chi connectivity index (χ3n) is 2.71. The molecule has 0 aliphatic rings. The molecule has 2 aromatic heterocycles. The fraction of sp³-hybridized carbons (Fsp3) is 0.231. The number of rotatable bonds is 3. The highest BCUT2D eigenvalue weighted by Crippen LogP contribution is 2.24. The van der Waals surface area contributed by atoms with Crippen LogP contribution in [0.2, 0.25) is 0 Å². The third-order valence-corrected chi connectivity index (χ3v) is 3.93. The number of thiophene rings is 1. The maximum Gasteiger partial charge on any atom is 0.268 e. The maximum absolute atomic E-state index is 12.3. The van der Waals surface area contributed by atoms with Gasteiger partial charge in [-0.25, -0.2) is 0 Å². The summed E-state index contributed by atoms with van der Waals surface area (Å²) in [5, 5.41) is 0. The lowest BCUT2D eigenvalue weighted by Gasteiger charge is -2.17. The van der Waals surface area contributed by atoms with Crippen LogP contribution in [-0.4, -0.2) is 17.9 Å². The first kappa shape index (κ1) is 12.6. The van der Waals surface area contributed by atoms with E-state index < -0.39 is 0 Å². The van der Waals surface area contributed by atoms with Gasteiger partial charge in [-0.2, -0.15) is 0 Å². The molecule has 0 fully saturated rings. The quantitative estimate of drug-likeness (QED) is 0.923. The van der Waals surface area contributed by atoms with Crippen molar-refractivity contribution in [2.24, 2.45) is 0 Å². The molecule has 2 aromatic rings. The Morgan fingerprint density at radius 3 is 2.83 bits per heavy atom. The molecular formula is C13H15N3OS. The van der Waals surface area contributed by atoms with Crippen LogP contribution in [0.15, 0.2) is 30.6 Å². The standard InChI is InChI=1S/C13H15N3OS/c1-3-9-4-5-12(18-9)13(17)16(2)11-6-7-15-8-10(11)14/h4-8H,3,14H2,1-2H3. The van der Waals surface area contributed by atoms with Crippen LogP contribution in [-0.2, 0) is 6.42 Å². The highest BCUT2D eigenvalue weighted by atomic mass is 32.1. The maximum atomic E-state index is 12.3. The Labute approximate surface area is 110 Å².